The van der Waals surface area contributed by atoms with Crippen LogP contribution in [0.3, 0.4) is 0 Å². The van der Waals surface area contributed by atoms with E-state index in [2.05, 4.69) is 53.7 Å². The Morgan fingerprint density at radius 2 is 1.46 bits per heavy atom. The van der Waals surface area contributed by atoms with Crippen LogP contribution in [0.15, 0.2) is 85.5 Å². The Balaban J connectivity index is 0.00000523. The first-order valence-electron chi connectivity index (χ1n) is 16.9. The highest BCUT2D eigenvalue weighted by Crippen LogP contribution is 2.35. The zero-order chi connectivity index (χ0) is 35.9. The van der Waals surface area contributed by atoms with E-state index in [1.54, 1.807) is 24.8 Å². The van der Waals surface area contributed by atoms with E-state index in [9.17, 15) is 14.7 Å². The number of carboxylic acids is 2. The lowest BCUT2D eigenvalue weighted by atomic mass is 9.91. The van der Waals surface area contributed by atoms with E-state index in [1.807, 2.05) is 36.4 Å². The van der Waals surface area contributed by atoms with Crippen molar-refractivity contribution in [1.29, 1.82) is 0 Å². The molecular formula is C40H42N6O5S. The van der Waals surface area contributed by atoms with Crippen LogP contribution in [-0.4, -0.2) is 59.8 Å². The molecule has 1 atom stereocenters. The molecule has 0 aliphatic rings. The van der Waals surface area contributed by atoms with E-state index in [-0.39, 0.29) is 32.9 Å². The molecule has 52 heavy (non-hydrogen) atoms. The van der Waals surface area contributed by atoms with Gasteiger partial charge in [-0.25, -0.2) is 4.98 Å². The van der Waals surface area contributed by atoms with Gasteiger partial charge in [-0.05, 0) is 96.0 Å². The lowest BCUT2D eigenvalue weighted by Gasteiger charge is -2.17. The average molecular weight is 719 g/mol. The van der Waals surface area contributed by atoms with Crippen molar-refractivity contribution in [3.63, 3.8) is 0 Å². The third kappa shape index (κ3) is 9.07. The molecule has 0 saturated heterocycles. The van der Waals surface area contributed by atoms with Gasteiger partial charge in [0.15, 0.2) is 5.82 Å². The van der Waals surface area contributed by atoms with Crippen LogP contribution in [0.1, 0.15) is 52.8 Å². The van der Waals surface area contributed by atoms with Crippen molar-refractivity contribution in [3.8, 4) is 11.1 Å². The Bertz CT molecular complexity index is 2230. The smallest absolute Gasteiger partial charge is 0.306 e. The van der Waals surface area contributed by atoms with Gasteiger partial charge in [0.1, 0.15) is 5.52 Å². The van der Waals surface area contributed by atoms with Crippen LogP contribution >= 0.6 is 13.5 Å². The molecule has 0 amide bonds. The molecule has 4 aromatic heterocycles. The van der Waals surface area contributed by atoms with Gasteiger partial charge in [0.25, 0.3) is 0 Å². The van der Waals surface area contributed by atoms with Crippen molar-refractivity contribution in [2.24, 2.45) is 0 Å². The fourth-order valence-corrected chi connectivity index (χ4v) is 6.36. The molecule has 0 aliphatic carbocycles. The Kier molecular flexibility index (Phi) is 12.5. The molecule has 0 unspecified atom stereocenters. The van der Waals surface area contributed by atoms with E-state index in [4.69, 9.17) is 25.2 Å². The fraction of sp³-hybridized carbons (Fsp3) is 0.250. The van der Waals surface area contributed by atoms with Crippen molar-refractivity contribution >= 4 is 58.7 Å². The number of carboxylic acid groups (broad SMARTS) is 2. The van der Waals surface area contributed by atoms with Gasteiger partial charge in [0.05, 0.1) is 23.7 Å². The minimum absolute atomic E-state index is 0. The summed E-state index contributed by atoms with van der Waals surface area (Å²) >= 11 is 0. The van der Waals surface area contributed by atoms with Crippen LogP contribution in [-0.2, 0) is 29.0 Å². The lowest BCUT2D eigenvalue weighted by molar-refractivity contribution is -0.139. The summed E-state index contributed by atoms with van der Waals surface area (Å²) in [7, 11) is 0. The Hall–Kier alpha value is -5.43. The average Bonchev–Trinajstić information content (AvgIpc) is 3.10. The highest BCUT2D eigenvalue weighted by molar-refractivity contribution is 7.59. The predicted octanol–water partition coefficient (Wildman–Crippen LogP) is 6.64. The van der Waals surface area contributed by atoms with Gasteiger partial charge in [-0.2, -0.15) is 13.5 Å². The molecule has 0 bridgehead atoms. The van der Waals surface area contributed by atoms with Gasteiger partial charge in [0, 0.05) is 67.2 Å². The molecular weight excluding hydrogens is 677 g/mol. The summed E-state index contributed by atoms with van der Waals surface area (Å²) in [6.07, 6.45) is 7.82. The molecule has 0 radical (unpaired) electrons. The molecule has 5 N–H and O–H groups in total. The number of nitrogens with zero attached hydrogens (tertiary/aromatic N) is 4. The molecule has 6 aromatic rings. The van der Waals surface area contributed by atoms with Crippen molar-refractivity contribution in [2.45, 2.75) is 58.6 Å². The molecule has 0 aliphatic heterocycles. The first-order chi connectivity index (χ1) is 24.7. The SMILES string of the molecule is Cc1c(Cc2nccc3cc(CNC[C@@H](O)CC(=O)O)cnc23)cccc1-c1cccc(Nc2nccc3cc(CCCC(=O)O)cnc23)c1C.S. The summed E-state index contributed by atoms with van der Waals surface area (Å²) in [5.74, 6) is -1.18. The van der Waals surface area contributed by atoms with Crippen molar-refractivity contribution in [2.75, 3.05) is 11.9 Å². The summed E-state index contributed by atoms with van der Waals surface area (Å²) < 4.78 is 0. The van der Waals surface area contributed by atoms with Crippen molar-refractivity contribution in [3.05, 3.63) is 119 Å². The van der Waals surface area contributed by atoms with Crippen LogP contribution in [0.5, 0.6) is 0 Å². The number of benzene rings is 2. The number of aliphatic carboxylic acids is 2. The maximum absolute atomic E-state index is 10.9. The molecule has 2 aromatic carbocycles. The molecule has 0 spiro atoms. The minimum Gasteiger partial charge on any atom is -0.481 e. The van der Waals surface area contributed by atoms with E-state index >= 15 is 0 Å². The molecule has 0 fully saturated rings. The maximum atomic E-state index is 10.9. The van der Waals surface area contributed by atoms with Crippen LogP contribution < -0.4 is 10.6 Å². The summed E-state index contributed by atoms with van der Waals surface area (Å²) in [5, 5.41) is 36.2. The number of aryl methyl sites for hydroxylation is 1. The number of pyridine rings is 4. The number of hydrogen-bond donors (Lipinski definition) is 5. The van der Waals surface area contributed by atoms with E-state index in [0.717, 1.165) is 72.1 Å². The number of carbonyl (C=O) groups is 2. The molecule has 6 rings (SSSR count). The summed E-state index contributed by atoms with van der Waals surface area (Å²) in [4.78, 5) is 40.5. The van der Waals surface area contributed by atoms with Gasteiger partial charge < -0.3 is 26.0 Å². The number of rotatable bonds is 15. The molecule has 0 saturated carbocycles. The van der Waals surface area contributed by atoms with Crippen molar-refractivity contribution in [1.82, 2.24) is 25.3 Å². The van der Waals surface area contributed by atoms with Gasteiger partial charge in [-0.15, -0.1) is 0 Å². The number of fused-ring (bicyclic) bond motifs is 2. The summed E-state index contributed by atoms with van der Waals surface area (Å²) in [6.45, 7) is 4.86. The quantitative estimate of drug-likeness (QED) is 0.0772. The Morgan fingerprint density at radius 3 is 2.23 bits per heavy atom. The minimum atomic E-state index is -1.03. The Morgan fingerprint density at radius 1 is 0.788 bits per heavy atom. The summed E-state index contributed by atoms with van der Waals surface area (Å²) in [6, 6.07) is 20.5. The maximum Gasteiger partial charge on any atom is 0.306 e. The second kappa shape index (κ2) is 17.2. The van der Waals surface area contributed by atoms with Crippen LogP contribution in [0, 0.1) is 13.8 Å². The van der Waals surface area contributed by atoms with Crippen LogP contribution in [0.25, 0.3) is 32.9 Å². The molecule has 12 heteroatoms. The molecule has 4 heterocycles. The third-order valence-electron chi connectivity index (χ3n) is 9.04. The second-order valence-electron chi connectivity index (χ2n) is 12.7. The van der Waals surface area contributed by atoms with Gasteiger partial charge in [-0.3, -0.25) is 24.5 Å². The Labute approximate surface area is 308 Å². The van der Waals surface area contributed by atoms with Gasteiger partial charge >= 0.3 is 11.9 Å². The van der Waals surface area contributed by atoms with E-state index in [1.165, 1.54) is 0 Å². The van der Waals surface area contributed by atoms with Gasteiger partial charge in [0.2, 0.25) is 0 Å². The largest absolute Gasteiger partial charge is 0.481 e. The zero-order valence-electron chi connectivity index (χ0n) is 29.1. The van der Waals surface area contributed by atoms with Crippen LogP contribution in [0.2, 0.25) is 0 Å². The number of aliphatic hydroxyl groups excluding tert-OH is 1. The number of hydrogen-bond acceptors (Lipinski definition) is 9. The standard InChI is InChI=1S/C40H40N6O5.H2S/c1-24-28(18-35-38-29(12-14-42-35)17-27(22-44-38)20-41-23-31(47)19-37(50)51)7-4-8-32(24)33-9-5-10-34(25(33)2)46-40-39-30(13-15-43-40)16-26(21-45-39)6-3-11-36(48)49;/h4-5,7-10,12-17,21-22,31,41,47H,3,6,11,18-20,23H2,1-2H3,(H,43,46)(H,48,49)(H,50,51);1H2/t31-;/m0./s1. The first kappa shape index (κ1) is 37.8. The zero-order valence-corrected chi connectivity index (χ0v) is 30.1. The topological polar surface area (TPSA) is 170 Å². The first-order valence-corrected chi connectivity index (χ1v) is 16.9. The predicted molar refractivity (Wildman–Crippen MR) is 207 cm³/mol. The van der Waals surface area contributed by atoms with E-state index < -0.39 is 18.0 Å². The monoisotopic (exact) mass is 718 g/mol. The number of aliphatic hydroxyl groups is 1. The number of aromatic nitrogens is 4. The van der Waals surface area contributed by atoms with Gasteiger partial charge in [-0.1, -0.05) is 30.3 Å². The fourth-order valence-electron chi connectivity index (χ4n) is 6.36. The van der Waals surface area contributed by atoms with E-state index in [0.29, 0.717) is 31.6 Å². The van der Waals surface area contributed by atoms with Crippen LogP contribution in [0.4, 0.5) is 11.5 Å². The molecule has 268 valence electrons. The number of nitrogens with one attached hydrogen (secondary N) is 2. The lowest BCUT2D eigenvalue weighted by Crippen LogP contribution is -2.28. The number of anilines is 2. The highest BCUT2D eigenvalue weighted by Gasteiger charge is 2.15. The molecule has 11 nitrogen and oxygen atoms in total. The normalized spacial score (nSPS) is 11.7. The second-order valence-corrected chi connectivity index (χ2v) is 12.7. The summed E-state index contributed by atoms with van der Waals surface area (Å²) in [5.41, 5.74) is 10.9. The highest BCUT2D eigenvalue weighted by atomic mass is 32.1. The third-order valence-corrected chi connectivity index (χ3v) is 9.04. The van der Waals surface area contributed by atoms with Crippen molar-refractivity contribution < 1.29 is 24.9 Å².